The second-order valence-electron chi connectivity index (χ2n) is 6.51. The van der Waals surface area contributed by atoms with Crippen molar-refractivity contribution in [2.45, 2.75) is 52.2 Å². The topological polar surface area (TPSA) is 51.1 Å². The maximum Gasteiger partial charge on any atom is 0.410 e. The molecule has 1 atom stereocenters. The molecule has 0 aromatic carbocycles. The molecule has 0 saturated carbocycles. The standard InChI is InChI=1S/C15H23ClN2O3/c1-10-9-12(16)17-13(10)20-11-5-7-18(8-6-11)14(19)21-15(2,3)4/h9-11H,5-8H2,1-4H3. The third kappa shape index (κ3) is 4.63. The van der Waals surface area contributed by atoms with Gasteiger partial charge in [0.05, 0.1) is 5.92 Å². The summed E-state index contributed by atoms with van der Waals surface area (Å²) in [6.45, 7) is 8.90. The van der Waals surface area contributed by atoms with Gasteiger partial charge in [0.2, 0.25) is 0 Å². The normalized spacial score (nSPS) is 23.7. The Hall–Kier alpha value is -1.23. The number of ether oxygens (including phenoxy) is 2. The Morgan fingerprint density at radius 3 is 2.48 bits per heavy atom. The van der Waals surface area contributed by atoms with Crippen LogP contribution in [0, 0.1) is 5.92 Å². The zero-order valence-electron chi connectivity index (χ0n) is 13.1. The van der Waals surface area contributed by atoms with E-state index < -0.39 is 5.60 Å². The van der Waals surface area contributed by atoms with Gasteiger partial charge in [-0.25, -0.2) is 9.79 Å². The SMILES string of the molecule is CC1C=C(Cl)N=C1OC1CCN(C(=O)OC(C)(C)C)CC1. The van der Waals surface area contributed by atoms with Gasteiger partial charge in [-0.1, -0.05) is 18.5 Å². The molecule has 0 N–H and O–H groups in total. The van der Waals surface area contributed by atoms with Crippen molar-refractivity contribution in [1.29, 1.82) is 0 Å². The fourth-order valence-electron chi connectivity index (χ4n) is 2.31. The Labute approximate surface area is 130 Å². The smallest absolute Gasteiger partial charge is 0.410 e. The summed E-state index contributed by atoms with van der Waals surface area (Å²) in [4.78, 5) is 17.9. The summed E-state index contributed by atoms with van der Waals surface area (Å²) in [6, 6.07) is 0. The van der Waals surface area contributed by atoms with E-state index in [9.17, 15) is 4.79 Å². The molecule has 1 saturated heterocycles. The number of nitrogens with zero attached hydrogens (tertiary/aromatic N) is 2. The summed E-state index contributed by atoms with van der Waals surface area (Å²) >= 11 is 5.87. The lowest BCUT2D eigenvalue weighted by Crippen LogP contribution is -2.44. The van der Waals surface area contributed by atoms with Crippen molar-refractivity contribution in [1.82, 2.24) is 4.90 Å². The number of hydrogen-bond acceptors (Lipinski definition) is 4. The number of aliphatic imine (C=N–C) groups is 1. The van der Waals surface area contributed by atoms with Crippen molar-refractivity contribution in [3.05, 3.63) is 11.2 Å². The van der Waals surface area contributed by atoms with Crippen LogP contribution in [0.2, 0.25) is 0 Å². The second kappa shape index (κ2) is 6.26. The van der Waals surface area contributed by atoms with Gasteiger partial charge >= 0.3 is 6.09 Å². The van der Waals surface area contributed by atoms with Crippen LogP contribution in [0.4, 0.5) is 4.79 Å². The van der Waals surface area contributed by atoms with Gasteiger partial charge in [0.25, 0.3) is 0 Å². The minimum Gasteiger partial charge on any atom is -0.477 e. The van der Waals surface area contributed by atoms with Crippen molar-refractivity contribution in [3.8, 4) is 0 Å². The maximum atomic E-state index is 12.0. The van der Waals surface area contributed by atoms with E-state index in [-0.39, 0.29) is 18.1 Å². The van der Waals surface area contributed by atoms with E-state index in [1.165, 1.54) is 0 Å². The van der Waals surface area contributed by atoms with Crippen LogP contribution < -0.4 is 0 Å². The van der Waals surface area contributed by atoms with Crippen molar-refractivity contribution in [2.75, 3.05) is 13.1 Å². The van der Waals surface area contributed by atoms with E-state index >= 15 is 0 Å². The lowest BCUT2D eigenvalue weighted by Gasteiger charge is -2.33. The van der Waals surface area contributed by atoms with Crippen LogP contribution in [0.15, 0.2) is 16.2 Å². The van der Waals surface area contributed by atoms with Crippen molar-refractivity contribution < 1.29 is 14.3 Å². The minimum absolute atomic E-state index is 0.0841. The third-order valence-corrected chi connectivity index (χ3v) is 3.59. The Morgan fingerprint density at radius 2 is 2.00 bits per heavy atom. The molecule has 0 spiro atoms. The quantitative estimate of drug-likeness (QED) is 0.696. The molecule has 0 aliphatic carbocycles. The lowest BCUT2D eigenvalue weighted by molar-refractivity contribution is 0.0111. The number of likely N-dealkylation sites (tertiary alicyclic amines) is 1. The molecule has 1 amide bonds. The van der Waals surface area contributed by atoms with Crippen LogP contribution in [0.5, 0.6) is 0 Å². The molecular formula is C15H23ClN2O3. The van der Waals surface area contributed by atoms with E-state index in [2.05, 4.69) is 4.99 Å². The summed E-state index contributed by atoms with van der Waals surface area (Å²) in [5.74, 6) is 0.803. The van der Waals surface area contributed by atoms with Crippen LogP contribution >= 0.6 is 11.6 Å². The molecule has 0 radical (unpaired) electrons. The number of carbonyl (C=O) groups excluding carboxylic acids is 1. The third-order valence-electron chi connectivity index (χ3n) is 3.38. The van der Waals surface area contributed by atoms with E-state index in [0.717, 1.165) is 12.8 Å². The Morgan fingerprint density at radius 1 is 1.38 bits per heavy atom. The van der Waals surface area contributed by atoms with Gasteiger partial charge in [-0.15, -0.1) is 0 Å². The molecule has 0 aromatic rings. The molecule has 0 aromatic heterocycles. The van der Waals surface area contributed by atoms with Gasteiger partial charge in [0, 0.05) is 25.9 Å². The first kappa shape index (κ1) is 16.1. The molecule has 2 aliphatic rings. The highest BCUT2D eigenvalue weighted by molar-refractivity contribution is 6.30. The van der Waals surface area contributed by atoms with Gasteiger partial charge in [-0.3, -0.25) is 0 Å². The Kier molecular flexibility index (Phi) is 4.81. The molecular weight excluding hydrogens is 292 g/mol. The molecule has 2 rings (SSSR count). The van der Waals surface area contributed by atoms with E-state index in [4.69, 9.17) is 21.1 Å². The highest BCUT2D eigenvalue weighted by atomic mass is 35.5. The monoisotopic (exact) mass is 314 g/mol. The fraction of sp³-hybridized carbons (Fsp3) is 0.733. The van der Waals surface area contributed by atoms with Crippen molar-refractivity contribution in [3.63, 3.8) is 0 Å². The Balaban J connectivity index is 1.79. The van der Waals surface area contributed by atoms with Gasteiger partial charge in [-0.2, -0.15) is 0 Å². The minimum atomic E-state index is -0.457. The summed E-state index contributed by atoms with van der Waals surface area (Å²) in [5, 5.41) is 0.490. The van der Waals surface area contributed by atoms with Crippen LogP contribution in [0.1, 0.15) is 40.5 Å². The predicted molar refractivity (Wildman–Crippen MR) is 82.4 cm³/mol. The maximum absolute atomic E-state index is 12.0. The number of hydrogen-bond donors (Lipinski definition) is 0. The average Bonchev–Trinajstić information content (AvgIpc) is 2.66. The van der Waals surface area contributed by atoms with Crippen molar-refractivity contribution >= 4 is 23.6 Å². The van der Waals surface area contributed by atoms with E-state index in [1.54, 1.807) is 4.90 Å². The molecule has 0 bridgehead atoms. The van der Waals surface area contributed by atoms with Crippen LogP contribution in [-0.2, 0) is 9.47 Å². The summed E-state index contributed by atoms with van der Waals surface area (Å²) in [7, 11) is 0. The zero-order chi connectivity index (χ0) is 15.6. The van der Waals surface area contributed by atoms with E-state index in [1.807, 2.05) is 33.8 Å². The molecule has 2 aliphatic heterocycles. The fourth-order valence-corrected chi connectivity index (χ4v) is 2.58. The molecule has 6 heteroatoms. The van der Waals surface area contributed by atoms with Crippen LogP contribution in [-0.4, -0.2) is 41.7 Å². The molecule has 2 heterocycles. The summed E-state index contributed by atoms with van der Waals surface area (Å²) in [6.07, 6.45) is 3.26. The van der Waals surface area contributed by atoms with E-state index in [0.29, 0.717) is 24.1 Å². The first-order chi connectivity index (χ1) is 9.74. The lowest BCUT2D eigenvalue weighted by atomic mass is 10.1. The first-order valence-corrected chi connectivity index (χ1v) is 7.73. The molecule has 1 fully saturated rings. The molecule has 1 unspecified atom stereocenters. The zero-order valence-corrected chi connectivity index (χ0v) is 13.8. The molecule has 5 nitrogen and oxygen atoms in total. The van der Waals surface area contributed by atoms with Gasteiger partial charge in [0.15, 0.2) is 5.90 Å². The first-order valence-electron chi connectivity index (χ1n) is 7.35. The number of amides is 1. The average molecular weight is 315 g/mol. The second-order valence-corrected chi connectivity index (χ2v) is 6.90. The van der Waals surface area contributed by atoms with Gasteiger partial charge < -0.3 is 14.4 Å². The summed E-state index contributed by atoms with van der Waals surface area (Å²) < 4.78 is 11.3. The highest BCUT2D eigenvalue weighted by Gasteiger charge is 2.29. The Bertz CT molecular complexity index is 460. The highest BCUT2D eigenvalue weighted by Crippen LogP contribution is 2.24. The largest absolute Gasteiger partial charge is 0.477 e. The number of rotatable bonds is 1. The predicted octanol–water partition coefficient (Wildman–Crippen LogP) is 3.53. The number of carbonyl (C=O) groups is 1. The van der Waals surface area contributed by atoms with Gasteiger partial charge in [-0.05, 0) is 26.8 Å². The molecule has 21 heavy (non-hydrogen) atoms. The molecule has 118 valence electrons. The number of halogens is 1. The summed E-state index contributed by atoms with van der Waals surface area (Å²) in [5.41, 5.74) is -0.457. The number of piperidine rings is 1. The van der Waals surface area contributed by atoms with Crippen LogP contribution in [0.3, 0.4) is 0 Å². The van der Waals surface area contributed by atoms with Crippen LogP contribution in [0.25, 0.3) is 0 Å². The van der Waals surface area contributed by atoms with Gasteiger partial charge in [0.1, 0.15) is 16.9 Å². The van der Waals surface area contributed by atoms with Crippen molar-refractivity contribution in [2.24, 2.45) is 10.9 Å².